The maximum absolute atomic E-state index is 12.1. The molecule has 1 aliphatic rings. The lowest BCUT2D eigenvalue weighted by Crippen LogP contribution is -2.21. The highest BCUT2D eigenvalue weighted by Crippen LogP contribution is 2.36. The van der Waals surface area contributed by atoms with Crippen LogP contribution in [0, 0.1) is 0 Å². The second kappa shape index (κ2) is 7.44. The van der Waals surface area contributed by atoms with Gasteiger partial charge in [-0.25, -0.2) is 13.4 Å². The Morgan fingerprint density at radius 3 is 2.31 bits per heavy atom. The largest absolute Gasteiger partial charge is 0.369 e. The van der Waals surface area contributed by atoms with Gasteiger partial charge in [-0.1, -0.05) is 0 Å². The standard InChI is InChI=1S/C12H9BrClN3O3S.ClHO3S/c13-7-3-5-1-2-8-10(11(18)17-12(15)16-8)6(5)4-9(7)21(14,19)20;1-5(2,3)4/h3-4H,1-2H2,(H3,15,16,17,18);(H,2,3,4). The zero-order valence-electron chi connectivity index (χ0n) is 12.5. The zero-order valence-corrected chi connectivity index (χ0v) is 17.3. The van der Waals surface area contributed by atoms with Gasteiger partial charge in [0.1, 0.15) is 0 Å². The minimum Gasteiger partial charge on any atom is -0.369 e. The molecule has 26 heavy (non-hydrogen) atoms. The van der Waals surface area contributed by atoms with E-state index in [1.807, 2.05) is 0 Å². The average molecular weight is 507 g/mol. The van der Waals surface area contributed by atoms with Gasteiger partial charge in [0.25, 0.3) is 14.6 Å². The quantitative estimate of drug-likeness (QED) is 0.390. The molecule has 0 unspecified atom stereocenters. The molecule has 0 spiro atoms. The molecule has 9 nitrogen and oxygen atoms in total. The summed E-state index contributed by atoms with van der Waals surface area (Å²) in [5.74, 6) is 0.0458. The van der Waals surface area contributed by atoms with Crippen LogP contribution < -0.4 is 11.3 Å². The van der Waals surface area contributed by atoms with Crippen molar-refractivity contribution in [1.29, 1.82) is 0 Å². The lowest BCUT2D eigenvalue weighted by Gasteiger charge is -2.19. The van der Waals surface area contributed by atoms with E-state index in [0.29, 0.717) is 34.1 Å². The molecule has 0 bridgehead atoms. The Morgan fingerprint density at radius 1 is 1.19 bits per heavy atom. The molecule has 0 atom stereocenters. The number of fused-ring (bicyclic) bond motifs is 3. The van der Waals surface area contributed by atoms with Crippen LogP contribution in [0.5, 0.6) is 0 Å². The summed E-state index contributed by atoms with van der Waals surface area (Å²) in [7, 11) is 1.36. The highest BCUT2D eigenvalue weighted by atomic mass is 79.9. The molecule has 4 N–H and O–H groups in total. The molecule has 0 aliphatic heterocycles. The molecule has 1 aromatic carbocycles. The number of halogens is 3. The molecule has 1 aliphatic carbocycles. The molecule has 3 rings (SSSR count). The van der Waals surface area contributed by atoms with E-state index in [9.17, 15) is 13.2 Å². The molecule has 0 saturated carbocycles. The van der Waals surface area contributed by atoms with Gasteiger partial charge in [-0.2, -0.15) is 8.42 Å². The number of anilines is 1. The Labute approximate surface area is 165 Å². The van der Waals surface area contributed by atoms with Crippen molar-refractivity contribution in [3.63, 3.8) is 0 Å². The van der Waals surface area contributed by atoms with Gasteiger partial charge in [0.15, 0.2) is 0 Å². The van der Waals surface area contributed by atoms with Crippen molar-refractivity contribution in [2.24, 2.45) is 0 Å². The van der Waals surface area contributed by atoms with Crippen LogP contribution in [0.3, 0.4) is 0 Å². The van der Waals surface area contributed by atoms with E-state index in [2.05, 4.69) is 36.6 Å². The molecule has 0 radical (unpaired) electrons. The Morgan fingerprint density at radius 2 is 1.77 bits per heavy atom. The van der Waals surface area contributed by atoms with Gasteiger partial charge < -0.3 is 5.73 Å². The number of hydrogen-bond donors (Lipinski definition) is 3. The number of aromatic nitrogens is 2. The highest BCUT2D eigenvalue weighted by molar-refractivity contribution is 9.10. The zero-order chi connectivity index (χ0) is 19.9. The van der Waals surface area contributed by atoms with Crippen LogP contribution in [0.1, 0.15) is 11.3 Å². The van der Waals surface area contributed by atoms with Crippen molar-refractivity contribution in [3.8, 4) is 11.1 Å². The molecule has 0 saturated heterocycles. The number of hydrogen-bond acceptors (Lipinski definition) is 7. The number of nitrogens with zero attached hydrogens (tertiary/aromatic N) is 1. The minimum absolute atomic E-state index is 0.0458. The van der Waals surface area contributed by atoms with Crippen molar-refractivity contribution in [2.45, 2.75) is 17.7 Å². The predicted octanol–water partition coefficient (Wildman–Crippen LogP) is 1.84. The average Bonchev–Trinajstić information content (AvgIpc) is 2.42. The summed E-state index contributed by atoms with van der Waals surface area (Å²) in [5, 5.41) is 0. The normalized spacial score (nSPS) is 13.2. The number of nitrogens with one attached hydrogen (secondary N) is 1. The number of H-pyrrole nitrogens is 1. The van der Waals surface area contributed by atoms with Gasteiger partial charge in [0.2, 0.25) is 5.95 Å². The number of rotatable bonds is 1. The first-order chi connectivity index (χ1) is 11.8. The van der Waals surface area contributed by atoms with Gasteiger partial charge >= 0.3 is 9.33 Å². The lowest BCUT2D eigenvalue weighted by molar-refractivity contribution is 0.501. The third-order valence-electron chi connectivity index (χ3n) is 3.33. The van der Waals surface area contributed by atoms with Gasteiger partial charge in [0.05, 0.1) is 16.2 Å². The van der Waals surface area contributed by atoms with E-state index >= 15 is 0 Å². The topological polar surface area (TPSA) is 160 Å². The number of nitrogen functional groups attached to an aromatic ring is 1. The van der Waals surface area contributed by atoms with E-state index in [1.165, 1.54) is 6.07 Å². The van der Waals surface area contributed by atoms with Crippen molar-refractivity contribution in [1.82, 2.24) is 9.97 Å². The Bertz CT molecular complexity index is 1140. The van der Waals surface area contributed by atoms with E-state index in [-0.39, 0.29) is 10.8 Å². The number of nitrogens with two attached hydrogens (primary N) is 1. The van der Waals surface area contributed by atoms with Gasteiger partial charge in [0, 0.05) is 25.8 Å². The third kappa shape index (κ3) is 5.18. The first kappa shape index (κ1) is 21.1. The summed E-state index contributed by atoms with van der Waals surface area (Å²) in [6.07, 6.45) is 1.20. The molecule has 142 valence electrons. The second-order valence-electron chi connectivity index (χ2n) is 5.06. The van der Waals surface area contributed by atoms with Crippen molar-refractivity contribution in [3.05, 3.63) is 38.2 Å². The molecule has 2 aromatic rings. The highest BCUT2D eigenvalue weighted by Gasteiger charge is 2.25. The maximum atomic E-state index is 12.1. The van der Waals surface area contributed by atoms with Gasteiger partial charge in [-0.05, 0) is 52.0 Å². The summed E-state index contributed by atoms with van der Waals surface area (Å²) >= 11 is 3.20. The van der Waals surface area contributed by atoms with Crippen molar-refractivity contribution >= 4 is 61.6 Å². The van der Waals surface area contributed by atoms with E-state index in [0.717, 1.165) is 5.56 Å². The van der Waals surface area contributed by atoms with Crippen molar-refractivity contribution in [2.75, 3.05) is 5.73 Å². The van der Waals surface area contributed by atoms with Gasteiger partial charge in [-0.15, -0.1) is 0 Å². The molecule has 1 heterocycles. The summed E-state index contributed by atoms with van der Waals surface area (Å²) in [4.78, 5) is 18.6. The van der Waals surface area contributed by atoms with Crippen LogP contribution in [-0.2, 0) is 31.2 Å². The van der Waals surface area contributed by atoms with Crippen LogP contribution in [0.15, 0.2) is 26.3 Å². The summed E-state index contributed by atoms with van der Waals surface area (Å²) < 4.78 is 48.7. The Balaban J connectivity index is 0.000000431. The summed E-state index contributed by atoms with van der Waals surface area (Å²) in [6, 6.07) is 3.07. The minimum atomic E-state index is -4.19. The lowest BCUT2D eigenvalue weighted by atomic mass is 9.89. The van der Waals surface area contributed by atoms with Crippen LogP contribution in [-0.4, -0.2) is 31.4 Å². The molecular formula is C12H10BrCl2N3O6S2. The fraction of sp³-hybridized carbons (Fsp3) is 0.167. The molecule has 14 heteroatoms. The van der Waals surface area contributed by atoms with Gasteiger partial charge in [-0.3, -0.25) is 14.3 Å². The van der Waals surface area contributed by atoms with Crippen LogP contribution in [0.4, 0.5) is 5.95 Å². The summed E-state index contributed by atoms with van der Waals surface area (Å²) in [5.41, 5.74) is 7.43. The Kier molecular flexibility index (Phi) is 6.05. The molecular weight excluding hydrogens is 497 g/mol. The fourth-order valence-electron chi connectivity index (χ4n) is 2.47. The second-order valence-corrected chi connectivity index (χ2v) is 10.4. The number of aromatic amines is 1. The first-order valence-electron chi connectivity index (χ1n) is 6.60. The molecule has 1 aromatic heterocycles. The first-order valence-corrected chi connectivity index (χ1v) is 12.0. The van der Waals surface area contributed by atoms with Crippen LogP contribution in [0.2, 0.25) is 0 Å². The Hall–Kier alpha value is -1.18. The number of aryl methyl sites for hydroxylation is 2. The van der Waals surface area contributed by atoms with Crippen LogP contribution >= 0.6 is 37.3 Å². The maximum Gasteiger partial charge on any atom is 0.353 e. The fourth-order valence-corrected chi connectivity index (χ4v) is 4.71. The molecule has 0 amide bonds. The van der Waals surface area contributed by atoms with Crippen LogP contribution in [0.25, 0.3) is 11.1 Å². The smallest absolute Gasteiger partial charge is 0.353 e. The van der Waals surface area contributed by atoms with Crippen molar-refractivity contribution < 1.29 is 21.4 Å². The third-order valence-corrected chi connectivity index (χ3v) is 5.61. The molecule has 0 fully saturated rings. The monoisotopic (exact) mass is 505 g/mol. The SMILES string of the molecule is Nc1nc2c(c(=O)[nH]1)-c1cc(S(=O)(=O)Cl)c(Br)cc1CC2.O=S(=O)(O)Cl. The van der Waals surface area contributed by atoms with E-state index in [4.69, 9.17) is 29.4 Å². The summed E-state index contributed by atoms with van der Waals surface area (Å²) in [6.45, 7) is 0. The number of benzene rings is 1. The predicted molar refractivity (Wildman–Crippen MR) is 100 cm³/mol. The van der Waals surface area contributed by atoms with E-state index < -0.39 is 23.9 Å². The van der Waals surface area contributed by atoms with E-state index in [1.54, 1.807) is 6.07 Å².